The van der Waals surface area contributed by atoms with Crippen LogP contribution in [0.5, 0.6) is 0 Å². The molecule has 0 amide bonds. The van der Waals surface area contributed by atoms with Crippen LogP contribution >= 0.6 is 0 Å². The molecule has 1 saturated heterocycles. The van der Waals surface area contributed by atoms with Crippen molar-refractivity contribution in [3.63, 3.8) is 0 Å². The van der Waals surface area contributed by atoms with Crippen LogP contribution < -0.4 is 5.46 Å². The van der Waals surface area contributed by atoms with Gasteiger partial charge in [-0.2, -0.15) is 0 Å². The molecule has 9 rings (SSSR count). The maximum absolute atomic E-state index is 6.82. The third-order valence-electron chi connectivity index (χ3n) is 11.2. The van der Waals surface area contributed by atoms with Crippen LogP contribution in [0.25, 0.3) is 44.2 Å². The van der Waals surface area contributed by atoms with Crippen LogP contribution in [-0.4, -0.2) is 24.6 Å². The van der Waals surface area contributed by atoms with Gasteiger partial charge in [-0.3, -0.25) is 0 Å². The van der Waals surface area contributed by atoms with E-state index in [-0.39, 0.29) is 12.5 Å². The van der Waals surface area contributed by atoms with Gasteiger partial charge in [-0.15, -0.1) is 0 Å². The van der Waals surface area contributed by atoms with Gasteiger partial charge >= 0.3 is 6.92 Å². The lowest BCUT2D eigenvalue weighted by atomic mass is 9.59. The highest BCUT2D eigenvalue weighted by molar-refractivity contribution is 6.70. The average molecular weight is 625 g/mol. The topological polar surface area (TPSA) is 31.6 Å². The lowest BCUT2D eigenvalue weighted by Gasteiger charge is -2.47. The maximum atomic E-state index is 6.82. The summed E-state index contributed by atoms with van der Waals surface area (Å²) in [5.74, 6) is 0. The van der Waals surface area contributed by atoms with Gasteiger partial charge in [0.25, 0.3) is 0 Å². The van der Waals surface area contributed by atoms with Gasteiger partial charge in [0.05, 0.1) is 23.1 Å². The van der Waals surface area contributed by atoms with Gasteiger partial charge in [-0.05, 0) is 72.1 Å². The molecule has 4 heteroatoms. The van der Waals surface area contributed by atoms with Crippen molar-refractivity contribution in [3.8, 4) is 22.3 Å². The summed E-state index contributed by atoms with van der Waals surface area (Å²) in [6.07, 6.45) is 0. The average Bonchev–Trinajstić information content (AvgIpc) is 3.64. The number of ether oxygens (including phenoxy) is 1. The largest absolute Gasteiger partial charge is 0.456 e. The Morgan fingerprint density at radius 3 is 1.73 bits per heavy atom. The lowest BCUT2D eigenvalue weighted by Crippen LogP contribution is -2.61. The molecule has 0 atom stereocenters. The van der Waals surface area contributed by atoms with E-state index in [0.717, 1.165) is 38.5 Å². The molecular weight excluding hydrogens is 587 g/mol. The van der Waals surface area contributed by atoms with Crippen molar-refractivity contribution in [1.82, 2.24) is 0 Å². The van der Waals surface area contributed by atoms with Crippen LogP contribution in [0.1, 0.15) is 49.9 Å². The van der Waals surface area contributed by atoms with Crippen molar-refractivity contribution in [2.45, 2.75) is 44.3 Å². The van der Waals surface area contributed by atoms with E-state index >= 15 is 0 Å². The highest BCUT2D eigenvalue weighted by atomic mass is 16.6. The second-order valence-corrected chi connectivity index (χ2v) is 14.2. The SMILES string of the molecule is CC1(C)OCB(c2cccc3c2oc2c(-c4ccc(C5(c6ccccc6)c6ccccc6-c6ccccc65)cc4)cccc23)OC1(C)C. The summed E-state index contributed by atoms with van der Waals surface area (Å²) in [5, 5.41) is 2.19. The molecule has 1 aliphatic carbocycles. The van der Waals surface area contributed by atoms with Crippen molar-refractivity contribution in [3.05, 3.63) is 162 Å². The van der Waals surface area contributed by atoms with E-state index in [1.807, 2.05) is 0 Å². The summed E-state index contributed by atoms with van der Waals surface area (Å²) >= 11 is 0. The minimum Gasteiger partial charge on any atom is -0.456 e. The maximum Gasteiger partial charge on any atom is 0.357 e. The van der Waals surface area contributed by atoms with Gasteiger partial charge in [-0.25, -0.2) is 0 Å². The molecule has 0 bridgehead atoms. The second-order valence-electron chi connectivity index (χ2n) is 14.2. The molecule has 0 N–H and O–H groups in total. The van der Waals surface area contributed by atoms with Gasteiger partial charge in [-0.1, -0.05) is 140 Å². The first-order valence-electron chi connectivity index (χ1n) is 16.9. The summed E-state index contributed by atoms with van der Waals surface area (Å²) in [5.41, 5.74) is 11.5. The Kier molecular flexibility index (Phi) is 6.43. The van der Waals surface area contributed by atoms with Crippen LogP contribution in [0.4, 0.5) is 0 Å². The summed E-state index contributed by atoms with van der Waals surface area (Å²) in [7, 11) is 0. The smallest absolute Gasteiger partial charge is 0.357 e. The Hall–Kier alpha value is -4.90. The van der Waals surface area contributed by atoms with Crippen LogP contribution in [0.3, 0.4) is 0 Å². The molecule has 2 aliphatic rings. The molecule has 0 radical (unpaired) electrons. The number of fused-ring (bicyclic) bond motifs is 6. The number of para-hydroxylation sites is 2. The van der Waals surface area contributed by atoms with Crippen molar-refractivity contribution in [2.75, 3.05) is 6.51 Å². The number of hydrogen-bond acceptors (Lipinski definition) is 3. The molecule has 1 aliphatic heterocycles. The van der Waals surface area contributed by atoms with Gasteiger partial charge in [0.15, 0.2) is 0 Å². The summed E-state index contributed by atoms with van der Waals surface area (Å²) in [6.45, 7) is 8.65. The molecule has 1 aromatic heterocycles. The van der Waals surface area contributed by atoms with Crippen molar-refractivity contribution in [2.24, 2.45) is 0 Å². The monoisotopic (exact) mass is 624 g/mol. The summed E-state index contributed by atoms with van der Waals surface area (Å²) in [6, 6.07) is 50.6. The fourth-order valence-electron chi connectivity index (χ4n) is 8.08. The molecule has 234 valence electrons. The number of hydrogen-bond donors (Lipinski definition) is 0. The van der Waals surface area contributed by atoms with E-state index in [2.05, 4.69) is 167 Å². The van der Waals surface area contributed by atoms with Gasteiger partial charge in [0.1, 0.15) is 11.2 Å². The molecule has 7 aromatic rings. The van der Waals surface area contributed by atoms with Crippen LogP contribution in [0, 0.1) is 0 Å². The molecule has 0 saturated carbocycles. The molecule has 0 unspecified atom stereocenters. The van der Waals surface area contributed by atoms with E-state index in [4.69, 9.17) is 13.8 Å². The highest BCUT2D eigenvalue weighted by Crippen LogP contribution is 2.56. The number of furan rings is 1. The zero-order valence-corrected chi connectivity index (χ0v) is 27.8. The molecule has 3 nitrogen and oxygen atoms in total. The van der Waals surface area contributed by atoms with Crippen molar-refractivity contribution in [1.29, 1.82) is 0 Å². The highest BCUT2D eigenvalue weighted by Gasteiger charge is 2.48. The third kappa shape index (κ3) is 4.09. The van der Waals surface area contributed by atoms with Crippen molar-refractivity contribution < 1.29 is 13.8 Å². The Morgan fingerprint density at radius 1 is 0.500 bits per heavy atom. The fraction of sp³-hybridized carbons (Fsp3) is 0.182. The Morgan fingerprint density at radius 2 is 1.06 bits per heavy atom. The van der Waals surface area contributed by atoms with Gasteiger partial charge in [0, 0.05) is 16.3 Å². The quantitative estimate of drug-likeness (QED) is 0.183. The standard InChI is InChI=1S/C44H37BO3/c1-42(2)43(3,4)48-45(28-46-42)39-23-13-20-36-35-19-12-18-32(40(35)47-41(36)39)29-24-26-31(27-25-29)44(30-14-6-5-7-15-30)37-21-10-8-16-33(37)34-17-9-11-22-38(34)44/h5-27H,28H2,1-4H3. The first kappa shape index (κ1) is 29.3. The first-order valence-corrected chi connectivity index (χ1v) is 16.9. The fourth-order valence-corrected chi connectivity index (χ4v) is 8.08. The molecule has 48 heavy (non-hydrogen) atoms. The van der Waals surface area contributed by atoms with Crippen LogP contribution in [-0.2, 0) is 14.8 Å². The van der Waals surface area contributed by atoms with E-state index in [0.29, 0.717) is 6.51 Å². The van der Waals surface area contributed by atoms with Gasteiger partial charge < -0.3 is 13.8 Å². The van der Waals surface area contributed by atoms with E-state index in [9.17, 15) is 0 Å². The number of benzene rings is 6. The van der Waals surface area contributed by atoms with Crippen molar-refractivity contribution >= 4 is 34.3 Å². The van der Waals surface area contributed by atoms with Gasteiger partial charge in [0.2, 0.25) is 0 Å². The minimum absolute atomic E-state index is 0.216. The minimum atomic E-state index is -0.450. The van der Waals surface area contributed by atoms with E-state index < -0.39 is 11.0 Å². The van der Waals surface area contributed by atoms with E-state index in [1.54, 1.807) is 0 Å². The third-order valence-corrected chi connectivity index (χ3v) is 11.2. The molecule has 2 heterocycles. The second kappa shape index (κ2) is 10.6. The molecular formula is C44H37BO3. The summed E-state index contributed by atoms with van der Waals surface area (Å²) in [4.78, 5) is 0. The normalized spacial score (nSPS) is 17.4. The van der Waals surface area contributed by atoms with E-state index in [1.165, 1.54) is 33.4 Å². The summed E-state index contributed by atoms with van der Waals surface area (Å²) < 4.78 is 19.8. The predicted molar refractivity (Wildman–Crippen MR) is 197 cm³/mol. The Balaban J connectivity index is 1.18. The Bertz CT molecular complexity index is 2290. The zero-order valence-electron chi connectivity index (χ0n) is 27.8. The Labute approximate surface area is 282 Å². The van der Waals surface area contributed by atoms with Crippen LogP contribution in [0.15, 0.2) is 144 Å². The first-order chi connectivity index (χ1) is 23.3. The predicted octanol–water partition coefficient (Wildman–Crippen LogP) is 9.96. The molecule has 1 fully saturated rings. The lowest BCUT2D eigenvalue weighted by molar-refractivity contribution is -0.152. The van der Waals surface area contributed by atoms with Crippen LogP contribution in [0.2, 0.25) is 0 Å². The molecule has 6 aromatic carbocycles. The number of rotatable bonds is 4. The molecule has 0 spiro atoms. The zero-order chi connectivity index (χ0) is 32.7.